The van der Waals surface area contributed by atoms with E-state index in [1.807, 2.05) is 0 Å². The number of benzene rings is 1. The van der Waals surface area contributed by atoms with Gasteiger partial charge in [0, 0.05) is 12.5 Å². The summed E-state index contributed by atoms with van der Waals surface area (Å²) in [6.45, 7) is 6.34. The number of hydrogen-bond acceptors (Lipinski definition) is 2. The zero-order valence-electron chi connectivity index (χ0n) is 11.8. The van der Waals surface area contributed by atoms with Crippen LogP contribution in [0.1, 0.15) is 44.9 Å². The summed E-state index contributed by atoms with van der Waals surface area (Å²) in [6.07, 6.45) is 3.84. The first-order chi connectivity index (χ1) is 9.29. The van der Waals surface area contributed by atoms with E-state index in [0.29, 0.717) is 12.0 Å². The van der Waals surface area contributed by atoms with Crippen LogP contribution < -0.4 is 0 Å². The van der Waals surface area contributed by atoms with E-state index in [2.05, 4.69) is 42.7 Å². The van der Waals surface area contributed by atoms with Crippen LogP contribution in [0.2, 0.25) is 0 Å². The van der Waals surface area contributed by atoms with Crippen LogP contribution >= 0.6 is 0 Å². The summed E-state index contributed by atoms with van der Waals surface area (Å²) in [5.74, 6) is 1.70. The van der Waals surface area contributed by atoms with E-state index in [-0.39, 0.29) is 0 Å². The van der Waals surface area contributed by atoms with E-state index in [0.717, 1.165) is 25.1 Å². The van der Waals surface area contributed by atoms with Gasteiger partial charge in [-0.3, -0.25) is 0 Å². The number of nitrogens with zero attached hydrogens (tertiary/aromatic N) is 2. The summed E-state index contributed by atoms with van der Waals surface area (Å²) in [6, 6.07) is 8.43. The molecule has 3 rings (SSSR count). The number of imidazole rings is 1. The maximum atomic E-state index is 5.79. The van der Waals surface area contributed by atoms with Crippen LogP contribution in [0.25, 0.3) is 11.0 Å². The molecule has 3 nitrogen and oxygen atoms in total. The smallest absolute Gasteiger partial charge is 0.112 e. The molecule has 1 aliphatic rings. The SMILES string of the molecule is CCC(C)c1nc2ccccc2n1CC1CCCO1. The van der Waals surface area contributed by atoms with Crippen LogP contribution in [0.5, 0.6) is 0 Å². The van der Waals surface area contributed by atoms with Crippen molar-refractivity contribution in [3.8, 4) is 0 Å². The molecule has 1 aromatic carbocycles. The highest BCUT2D eigenvalue weighted by Gasteiger charge is 2.21. The molecule has 2 unspecified atom stereocenters. The molecule has 1 aromatic heterocycles. The van der Waals surface area contributed by atoms with Crippen molar-refractivity contribution >= 4 is 11.0 Å². The van der Waals surface area contributed by atoms with Gasteiger partial charge in [0.2, 0.25) is 0 Å². The van der Waals surface area contributed by atoms with Crippen LogP contribution in [0.3, 0.4) is 0 Å². The number of hydrogen-bond donors (Lipinski definition) is 0. The third-order valence-corrected chi connectivity index (χ3v) is 4.15. The Hall–Kier alpha value is -1.35. The fourth-order valence-corrected chi connectivity index (χ4v) is 2.84. The molecule has 0 bridgehead atoms. The number of rotatable bonds is 4. The molecule has 2 aromatic rings. The van der Waals surface area contributed by atoms with E-state index in [1.165, 1.54) is 24.2 Å². The maximum Gasteiger partial charge on any atom is 0.112 e. The van der Waals surface area contributed by atoms with Gasteiger partial charge in [-0.15, -0.1) is 0 Å². The van der Waals surface area contributed by atoms with Gasteiger partial charge in [-0.25, -0.2) is 4.98 Å². The summed E-state index contributed by atoms with van der Waals surface area (Å²) >= 11 is 0. The van der Waals surface area contributed by atoms with E-state index < -0.39 is 0 Å². The number of fused-ring (bicyclic) bond motifs is 1. The van der Waals surface area contributed by atoms with Crippen LogP contribution in [0.15, 0.2) is 24.3 Å². The monoisotopic (exact) mass is 258 g/mol. The second-order valence-corrected chi connectivity index (χ2v) is 5.51. The summed E-state index contributed by atoms with van der Waals surface area (Å²) in [5, 5.41) is 0. The molecule has 0 aliphatic carbocycles. The molecule has 0 N–H and O–H groups in total. The van der Waals surface area contributed by atoms with Gasteiger partial charge < -0.3 is 9.30 Å². The average molecular weight is 258 g/mol. The Morgan fingerprint density at radius 3 is 3.00 bits per heavy atom. The lowest BCUT2D eigenvalue weighted by Crippen LogP contribution is -2.17. The molecule has 1 fully saturated rings. The molecule has 0 saturated carbocycles. The van der Waals surface area contributed by atoms with Crippen molar-refractivity contribution in [2.45, 2.75) is 51.7 Å². The van der Waals surface area contributed by atoms with Crippen molar-refractivity contribution in [1.29, 1.82) is 0 Å². The van der Waals surface area contributed by atoms with Gasteiger partial charge in [-0.2, -0.15) is 0 Å². The predicted octanol–water partition coefficient (Wildman–Crippen LogP) is 3.73. The standard InChI is InChI=1S/C16H22N2O/c1-3-12(2)16-17-14-8-4-5-9-15(14)18(16)11-13-7-6-10-19-13/h4-5,8-9,12-13H,3,6-7,10-11H2,1-2H3. The van der Waals surface area contributed by atoms with Crippen LogP contribution in [0, 0.1) is 0 Å². The Kier molecular flexibility index (Phi) is 3.56. The average Bonchev–Trinajstić information content (AvgIpc) is 3.07. The van der Waals surface area contributed by atoms with Crippen LogP contribution in [-0.4, -0.2) is 22.3 Å². The minimum atomic E-state index is 0.361. The highest BCUT2D eigenvalue weighted by atomic mass is 16.5. The summed E-state index contributed by atoms with van der Waals surface area (Å²) < 4.78 is 8.17. The topological polar surface area (TPSA) is 27.1 Å². The van der Waals surface area contributed by atoms with Crippen molar-refractivity contribution in [3.63, 3.8) is 0 Å². The second-order valence-electron chi connectivity index (χ2n) is 5.51. The fourth-order valence-electron chi connectivity index (χ4n) is 2.84. The van der Waals surface area contributed by atoms with Gasteiger partial charge in [-0.05, 0) is 31.4 Å². The molecule has 19 heavy (non-hydrogen) atoms. The maximum absolute atomic E-state index is 5.79. The molecular weight excluding hydrogens is 236 g/mol. The van der Waals surface area contributed by atoms with Gasteiger partial charge in [0.1, 0.15) is 5.82 Å². The van der Waals surface area contributed by atoms with Gasteiger partial charge in [-0.1, -0.05) is 26.0 Å². The molecule has 2 atom stereocenters. The Balaban J connectivity index is 2.02. The quantitative estimate of drug-likeness (QED) is 0.835. The van der Waals surface area contributed by atoms with Gasteiger partial charge in [0.15, 0.2) is 0 Å². The van der Waals surface area contributed by atoms with Crippen molar-refractivity contribution < 1.29 is 4.74 Å². The van der Waals surface area contributed by atoms with E-state index in [9.17, 15) is 0 Å². The third kappa shape index (κ3) is 2.39. The third-order valence-electron chi connectivity index (χ3n) is 4.15. The largest absolute Gasteiger partial charge is 0.376 e. The molecule has 0 amide bonds. The zero-order valence-corrected chi connectivity index (χ0v) is 11.8. The molecular formula is C16H22N2O. The zero-order chi connectivity index (χ0) is 13.2. The van der Waals surface area contributed by atoms with Gasteiger partial charge in [0.05, 0.1) is 23.7 Å². The van der Waals surface area contributed by atoms with Gasteiger partial charge >= 0.3 is 0 Å². The van der Waals surface area contributed by atoms with Crippen molar-refractivity contribution in [1.82, 2.24) is 9.55 Å². The Morgan fingerprint density at radius 1 is 1.42 bits per heavy atom. The lowest BCUT2D eigenvalue weighted by atomic mass is 10.1. The molecule has 3 heteroatoms. The molecule has 1 aliphatic heterocycles. The highest BCUT2D eigenvalue weighted by Crippen LogP contribution is 2.26. The van der Waals surface area contributed by atoms with E-state index >= 15 is 0 Å². The Morgan fingerprint density at radius 2 is 2.26 bits per heavy atom. The predicted molar refractivity (Wildman–Crippen MR) is 77.4 cm³/mol. The molecule has 1 saturated heterocycles. The van der Waals surface area contributed by atoms with Crippen LogP contribution in [-0.2, 0) is 11.3 Å². The lowest BCUT2D eigenvalue weighted by Gasteiger charge is -2.16. The van der Waals surface area contributed by atoms with Crippen molar-refractivity contribution in [3.05, 3.63) is 30.1 Å². The first kappa shape index (κ1) is 12.7. The number of ether oxygens (including phenoxy) is 1. The second kappa shape index (κ2) is 5.33. The molecule has 0 spiro atoms. The summed E-state index contributed by atoms with van der Waals surface area (Å²) in [5.41, 5.74) is 2.35. The first-order valence-corrected chi connectivity index (χ1v) is 7.36. The lowest BCUT2D eigenvalue weighted by molar-refractivity contribution is 0.0970. The first-order valence-electron chi connectivity index (χ1n) is 7.36. The van der Waals surface area contributed by atoms with Crippen molar-refractivity contribution in [2.75, 3.05) is 6.61 Å². The minimum absolute atomic E-state index is 0.361. The molecule has 102 valence electrons. The number of aromatic nitrogens is 2. The molecule has 2 heterocycles. The molecule has 0 radical (unpaired) electrons. The normalized spacial score (nSPS) is 21.1. The Bertz CT molecular complexity index is 555. The van der Waals surface area contributed by atoms with Crippen molar-refractivity contribution in [2.24, 2.45) is 0 Å². The Labute approximate surface area is 114 Å². The summed E-state index contributed by atoms with van der Waals surface area (Å²) in [4.78, 5) is 4.83. The van der Waals surface area contributed by atoms with E-state index in [1.54, 1.807) is 0 Å². The summed E-state index contributed by atoms with van der Waals surface area (Å²) in [7, 11) is 0. The highest BCUT2D eigenvalue weighted by molar-refractivity contribution is 5.76. The number of para-hydroxylation sites is 2. The fraction of sp³-hybridized carbons (Fsp3) is 0.562. The van der Waals surface area contributed by atoms with Crippen LogP contribution in [0.4, 0.5) is 0 Å². The van der Waals surface area contributed by atoms with E-state index in [4.69, 9.17) is 9.72 Å². The minimum Gasteiger partial charge on any atom is -0.376 e. The van der Waals surface area contributed by atoms with Gasteiger partial charge in [0.25, 0.3) is 0 Å².